The van der Waals surface area contributed by atoms with E-state index in [0.29, 0.717) is 0 Å². The second-order valence-electron chi connectivity index (χ2n) is 3.33. The van der Waals surface area contributed by atoms with Crippen LogP contribution in [0.2, 0.25) is 0 Å². The minimum atomic E-state index is 0.782. The van der Waals surface area contributed by atoms with Gasteiger partial charge in [0.25, 0.3) is 0 Å². The van der Waals surface area contributed by atoms with Crippen LogP contribution in [0, 0.1) is 5.92 Å². The summed E-state index contributed by atoms with van der Waals surface area (Å²) < 4.78 is 2.47. The predicted molar refractivity (Wildman–Crippen MR) is 45.6 cm³/mol. The average Bonchev–Trinajstić information content (AvgIpc) is 1.88. The summed E-state index contributed by atoms with van der Waals surface area (Å²) in [5.74, 6) is 0.848. The second-order valence-corrected chi connectivity index (χ2v) is 4.20. The number of hydrogen-bond acceptors (Lipinski definition) is 2. The van der Waals surface area contributed by atoms with Crippen LogP contribution < -0.4 is 0 Å². The molecule has 2 unspecified atom stereocenters. The first kappa shape index (κ1) is 6.74. The van der Waals surface area contributed by atoms with Crippen molar-refractivity contribution in [1.29, 1.82) is 0 Å². The first-order valence-electron chi connectivity index (χ1n) is 3.83. The zero-order valence-electron chi connectivity index (χ0n) is 6.66. The van der Waals surface area contributed by atoms with E-state index >= 15 is 0 Å². The van der Waals surface area contributed by atoms with E-state index in [1.54, 1.807) is 5.57 Å². The fraction of sp³-hybridized carbons (Fsp3) is 0.750. The minimum Gasteiger partial charge on any atom is -0.240 e. The summed E-state index contributed by atoms with van der Waals surface area (Å²) in [7, 11) is 0. The highest BCUT2D eigenvalue weighted by atomic mass is 32.2. The van der Waals surface area contributed by atoms with Crippen LogP contribution in [0.4, 0.5) is 0 Å². The molecule has 1 saturated heterocycles. The molecule has 0 saturated carbocycles. The van der Waals surface area contributed by atoms with Crippen molar-refractivity contribution in [2.24, 2.45) is 5.92 Å². The quantitative estimate of drug-likeness (QED) is 0.494. The van der Waals surface area contributed by atoms with Crippen LogP contribution >= 0.6 is 11.9 Å². The molecular weight excluding hydrogens is 142 g/mol. The SMILES string of the molecule is CC1=CSN2C(C)C1C2C. The summed E-state index contributed by atoms with van der Waals surface area (Å²) >= 11 is 1.88. The van der Waals surface area contributed by atoms with E-state index in [9.17, 15) is 0 Å². The van der Waals surface area contributed by atoms with Crippen molar-refractivity contribution in [3.8, 4) is 0 Å². The fourth-order valence-electron chi connectivity index (χ4n) is 2.16. The molecule has 0 spiro atoms. The van der Waals surface area contributed by atoms with Crippen LogP contribution in [0.5, 0.6) is 0 Å². The monoisotopic (exact) mass is 155 g/mol. The first-order valence-corrected chi connectivity index (χ1v) is 4.67. The molecule has 0 aromatic carbocycles. The molecule has 3 aliphatic heterocycles. The van der Waals surface area contributed by atoms with Crippen molar-refractivity contribution in [3.05, 3.63) is 11.0 Å². The fourth-order valence-corrected chi connectivity index (χ4v) is 3.26. The third-order valence-electron chi connectivity index (χ3n) is 2.73. The number of hydrogen-bond donors (Lipinski definition) is 0. The third kappa shape index (κ3) is 0.638. The summed E-state index contributed by atoms with van der Waals surface area (Å²) in [5, 5.41) is 2.28. The lowest BCUT2D eigenvalue weighted by molar-refractivity contribution is 0.0790. The van der Waals surface area contributed by atoms with Gasteiger partial charge in [-0.1, -0.05) is 5.57 Å². The molecule has 0 aliphatic carbocycles. The Morgan fingerprint density at radius 2 is 2.00 bits per heavy atom. The summed E-state index contributed by atoms with van der Waals surface area (Å²) in [6, 6.07) is 1.56. The third-order valence-corrected chi connectivity index (χ3v) is 4.11. The van der Waals surface area contributed by atoms with Gasteiger partial charge in [-0.25, -0.2) is 4.31 Å². The van der Waals surface area contributed by atoms with E-state index in [-0.39, 0.29) is 0 Å². The smallest absolute Gasteiger partial charge is 0.0261 e. The molecule has 3 heterocycles. The van der Waals surface area contributed by atoms with Gasteiger partial charge in [0.05, 0.1) is 0 Å². The molecule has 1 nitrogen and oxygen atoms in total. The topological polar surface area (TPSA) is 3.24 Å². The van der Waals surface area contributed by atoms with Gasteiger partial charge >= 0.3 is 0 Å². The van der Waals surface area contributed by atoms with Crippen molar-refractivity contribution in [2.75, 3.05) is 0 Å². The highest BCUT2D eigenvalue weighted by Gasteiger charge is 2.46. The van der Waals surface area contributed by atoms with Crippen molar-refractivity contribution < 1.29 is 0 Å². The van der Waals surface area contributed by atoms with E-state index < -0.39 is 0 Å². The average molecular weight is 155 g/mol. The maximum atomic E-state index is 2.47. The van der Waals surface area contributed by atoms with Gasteiger partial charge in [0.1, 0.15) is 0 Å². The summed E-state index contributed by atoms with van der Waals surface area (Å²) in [6.07, 6.45) is 0. The zero-order chi connectivity index (χ0) is 7.30. The molecule has 10 heavy (non-hydrogen) atoms. The molecule has 1 fully saturated rings. The van der Waals surface area contributed by atoms with Gasteiger partial charge in [0.15, 0.2) is 0 Å². The molecule has 0 N–H and O–H groups in total. The van der Waals surface area contributed by atoms with Crippen molar-refractivity contribution >= 4 is 11.9 Å². The highest BCUT2D eigenvalue weighted by molar-refractivity contribution is 8.00. The van der Waals surface area contributed by atoms with E-state index in [2.05, 4.69) is 30.5 Å². The summed E-state index contributed by atoms with van der Waals surface area (Å²) in [6.45, 7) is 6.88. The first-order chi connectivity index (χ1) is 4.72. The van der Waals surface area contributed by atoms with Crippen LogP contribution in [0.1, 0.15) is 20.8 Å². The zero-order valence-corrected chi connectivity index (χ0v) is 7.48. The molecule has 0 aromatic rings. The van der Waals surface area contributed by atoms with E-state index in [1.807, 2.05) is 11.9 Å². The van der Waals surface area contributed by atoms with Crippen molar-refractivity contribution in [2.45, 2.75) is 32.9 Å². The van der Waals surface area contributed by atoms with Gasteiger partial charge in [0, 0.05) is 18.0 Å². The summed E-state index contributed by atoms with van der Waals surface area (Å²) in [5.41, 5.74) is 1.58. The number of fused-ring (bicyclic) bond motifs is 1. The lowest BCUT2D eigenvalue weighted by atomic mass is 9.80. The molecule has 56 valence electrons. The van der Waals surface area contributed by atoms with Gasteiger partial charge in [-0.3, -0.25) is 0 Å². The van der Waals surface area contributed by atoms with E-state index in [4.69, 9.17) is 0 Å². The molecule has 3 rings (SSSR count). The Hall–Kier alpha value is 0.0500. The Bertz CT molecular complexity index is 178. The van der Waals surface area contributed by atoms with Gasteiger partial charge < -0.3 is 0 Å². The van der Waals surface area contributed by atoms with E-state index in [1.165, 1.54) is 0 Å². The summed E-state index contributed by atoms with van der Waals surface area (Å²) in [4.78, 5) is 0. The second kappa shape index (κ2) is 2.02. The van der Waals surface area contributed by atoms with Gasteiger partial charge in [-0.05, 0) is 38.1 Å². The Kier molecular flexibility index (Phi) is 1.36. The normalized spacial score (nSPS) is 51.7. The Balaban J connectivity index is 2.26. The molecule has 2 heteroatoms. The standard InChI is InChI=1S/C8H13NS/c1-5-4-10-9-6(2)8(5)7(9)3/h4,6-8H,1-3H3. The van der Waals surface area contributed by atoms with Crippen LogP contribution in [-0.4, -0.2) is 16.4 Å². The molecule has 0 aromatic heterocycles. The van der Waals surface area contributed by atoms with E-state index in [0.717, 1.165) is 18.0 Å². The molecule has 0 amide bonds. The minimum absolute atomic E-state index is 0.782. The van der Waals surface area contributed by atoms with Gasteiger partial charge in [-0.2, -0.15) is 0 Å². The molecule has 3 aliphatic rings. The molecular formula is C8H13NS. The maximum absolute atomic E-state index is 2.47. The number of nitrogens with zero attached hydrogens (tertiary/aromatic N) is 1. The van der Waals surface area contributed by atoms with Crippen LogP contribution in [-0.2, 0) is 0 Å². The Labute approximate surface area is 66.6 Å². The van der Waals surface area contributed by atoms with Crippen LogP contribution in [0.3, 0.4) is 0 Å². The van der Waals surface area contributed by atoms with Crippen LogP contribution in [0.15, 0.2) is 11.0 Å². The predicted octanol–water partition coefficient (Wildman–Crippen LogP) is 2.26. The molecule has 0 radical (unpaired) electrons. The Morgan fingerprint density at radius 3 is 2.30 bits per heavy atom. The lowest BCUT2D eigenvalue weighted by Gasteiger charge is -2.54. The van der Waals surface area contributed by atoms with Crippen molar-refractivity contribution in [3.63, 3.8) is 0 Å². The largest absolute Gasteiger partial charge is 0.240 e. The maximum Gasteiger partial charge on any atom is 0.0261 e. The van der Waals surface area contributed by atoms with Gasteiger partial charge in [-0.15, -0.1) is 0 Å². The molecule has 2 atom stereocenters. The van der Waals surface area contributed by atoms with Gasteiger partial charge in [0.2, 0.25) is 0 Å². The van der Waals surface area contributed by atoms with Crippen LogP contribution in [0.25, 0.3) is 0 Å². The number of rotatable bonds is 0. The highest BCUT2D eigenvalue weighted by Crippen LogP contribution is 2.47. The lowest BCUT2D eigenvalue weighted by Crippen LogP contribution is -2.59. The molecule has 2 bridgehead atoms. The van der Waals surface area contributed by atoms with Crippen molar-refractivity contribution in [1.82, 2.24) is 4.31 Å². The Morgan fingerprint density at radius 1 is 1.40 bits per heavy atom.